The van der Waals surface area contributed by atoms with E-state index in [2.05, 4.69) is 5.32 Å². The minimum absolute atomic E-state index is 0.0909. The lowest BCUT2D eigenvalue weighted by molar-refractivity contribution is 0.0559. The number of methoxy groups -OCH3 is 1. The van der Waals surface area contributed by atoms with Gasteiger partial charge in [0.1, 0.15) is 11.4 Å². The summed E-state index contributed by atoms with van der Waals surface area (Å²) in [7, 11) is 1.58. The highest BCUT2D eigenvalue weighted by Gasteiger charge is 2.32. The van der Waals surface area contributed by atoms with E-state index in [1.807, 2.05) is 39.8 Å². The van der Waals surface area contributed by atoms with Gasteiger partial charge in [0.2, 0.25) is 0 Å². The van der Waals surface area contributed by atoms with Crippen molar-refractivity contribution in [2.75, 3.05) is 30.8 Å². The lowest BCUT2D eigenvalue weighted by Crippen LogP contribution is -2.48. The van der Waals surface area contributed by atoms with Gasteiger partial charge in [0.25, 0.3) is 0 Å². The molecular formula is C18H29N3O3. The zero-order valence-electron chi connectivity index (χ0n) is 15.3. The number of rotatable bonds is 3. The number of nitrogens with one attached hydrogen (secondary N) is 1. The maximum Gasteiger partial charge on any atom is 0.415 e. The number of carbonyl (C=O) groups excluding carboxylic acids is 1. The largest absolute Gasteiger partial charge is 0.495 e. The number of nitrogens with two attached hydrogens (primary N) is 1. The number of ether oxygens (including phenoxy) is 2. The Bertz CT molecular complexity index is 590. The first-order valence-electron chi connectivity index (χ1n) is 8.40. The predicted molar refractivity (Wildman–Crippen MR) is 96.7 cm³/mol. The molecule has 0 radical (unpaired) electrons. The van der Waals surface area contributed by atoms with E-state index in [0.29, 0.717) is 11.4 Å². The molecule has 1 heterocycles. The fourth-order valence-electron chi connectivity index (χ4n) is 2.96. The highest BCUT2D eigenvalue weighted by Crippen LogP contribution is 2.34. The fraction of sp³-hybridized carbons (Fsp3) is 0.611. The van der Waals surface area contributed by atoms with E-state index >= 15 is 0 Å². The molecule has 1 amide bonds. The molecule has 1 saturated heterocycles. The quantitative estimate of drug-likeness (QED) is 0.830. The first kappa shape index (κ1) is 18.4. The lowest BCUT2D eigenvalue weighted by atomic mass is 10.0. The first-order chi connectivity index (χ1) is 11.2. The fourth-order valence-corrected chi connectivity index (χ4v) is 2.96. The molecule has 2 rings (SSSR count). The van der Waals surface area contributed by atoms with Crippen molar-refractivity contribution in [1.82, 2.24) is 5.32 Å². The van der Waals surface area contributed by atoms with Gasteiger partial charge in [-0.15, -0.1) is 0 Å². The highest BCUT2D eigenvalue weighted by atomic mass is 16.6. The summed E-state index contributed by atoms with van der Waals surface area (Å²) in [6.07, 6.45) is 1.43. The Balaban J connectivity index is 2.43. The van der Waals surface area contributed by atoms with Gasteiger partial charge in [0.15, 0.2) is 0 Å². The number of nitrogens with zero attached hydrogens (tertiary/aromatic N) is 1. The zero-order chi connectivity index (χ0) is 17.9. The van der Waals surface area contributed by atoms with Gasteiger partial charge in [-0.2, -0.15) is 0 Å². The monoisotopic (exact) mass is 335 g/mol. The van der Waals surface area contributed by atoms with Crippen LogP contribution in [0.25, 0.3) is 0 Å². The van der Waals surface area contributed by atoms with Gasteiger partial charge < -0.3 is 20.5 Å². The smallest absolute Gasteiger partial charge is 0.415 e. The average molecular weight is 335 g/mol. The molecule has 0 spiro atoms. The Kier molecular flexibility index (Phi) is 5.59. The van der Waals surface area contributed by atoms with Crippen LogP contribution in [0.15, 0.2) is 12.1 Å². The molecule has 0 aliphatic carbocycles. The standard InChI is InChI=1S/C18H29N3O3/c1-12-10-14(19)16(23-5)11-15(12)21(13-6-8-20-9-7-13)17(22)24-18(2,3)4/h10-11,13,20H,6-9,19H2,1-5H3. The molecule has 0 unspecified atom stereocenters. The molecule has 0 atom stereocenters. The molecule has 0 aromatic heterocycles. The Morgan fingerprint density at radius 2 is 1.92 bits per heavy atom. The van der Waals surface area contributed by atoms with E-state index in [1.54, 1.807) is 12.0 Å². The van der Waals surface area contributed by atoms with Crippen molar-refractivity contribution >= 4 is 17.5 Å². The molecule has 0 bridgehead atoms. The number of hydrogen-bond acceptors (Lipinski definition) is 5. The van der Waals surface area contributed by atoms with Gasteiger partial charge in [-0.3, -0.25) is 4.90 Å². The third kappa shape index (κ3) is 4.32. The van der Waals surface area contributed by atoms with E-state index in [4.69, 9.17) is 15.2 Å². The van der Waals surface area contributed by atoms with E-state index in [9.17, 15) is 4.79 Å². The molecule has 1 aromatic rings. The Labute approximate surface area is 144 Å². The van der Waals surface area contributed by atoms with Gasteiger partial charge in [0, 0.05) is 12.1 Å². The normalized spacial score (nSPS) is 15.9. The Morgan fingerprint density at radius 1 is 1.29 bits per heavy atom. The summed E-state index contributed by atoms with van der Waals surface area (Å²) in [5, 5.41) is 3.33. The lowest BCUT2D eigenvalue weighted by Gasteiger charge is -2.36. The van der Waals surface area contributed by atoms with E-state index < -0.39 is 5.60 Å². The van der Waals surface area contributed by atoms with Crippen molar-refractivity contribution in [3.05, 3.63) is 17.7 Å². The van der Waals surface area contributed by atoms with Crippen LogP contribution in [0.3, 0.4) is 0 Å². The Morgan fingerprint density at radius 3 is 2.46 bits per heavy atom. The highest BCUT2D eigenvalue weighted by molar-refractivity contribution is 5.90. The van der Waals surface area contributed by atoms with Crippen molar-refractivity contribution in [1.29, 1.82) is 0 Å². The summed E-state index contributed by atoms with van der Waals surface area (Å²) in [5.41, 5.74) is 7.73. The van der Waals surface area contributed by atoms with Crippen molar-refractivity contribution in [2.45, 2.75) is 52.2 Å². The van der Waals surface area contributed by atoms with Crippen LogP contribution in [0.5, 0.6) is 5.75 Å². The summed E-state index contributed by atoms with van der Waals surface area (Å²) < 4.78 is 11.0. The molecule has 3 N–H and O–H groups in total. The number of aryl methyl sites for hydroxylation is 1. The minimum atomic E-state index is -0.548. The Hall–Kier alpha value is -1.95. The van der Waals surface area contributed by atoms with Crippen LogP contribution in [-0.4, -0.2) is 37.9 Å². The molecular weight excluding hydrogens is 306 g/mol. The number of amides is 1. The van der Waals surface area contributed by atoms with Crippen LogP contribution in [0.1, 0.15) is 39.2 Å². The third-order valence-electron chi connectivity index (χ3n) is 4.07. The number of benzene rings is 1. The van der Waals surface area contributed by atoms with Gasteiger partial charge in [0.05, 0.1) is 18.5 Å². The summed E-state index contributed by atoms with van der Waals surface area (Å²) in [6.45, 7) is 9.35. The average Bonchev–Trinajstić information content (AvgIpc) is 2.49. The summed E-state index contributed by atoms with van der Waals surface area (Å²) in [6, 6.07) is 3.76. The van der Waals surface area contributed by atoms with Crippen molar-refractivity contribution in [3.8, 4) is 5.75 Å². The molecule has 1 fully saturated rings. The van der Waals surface area contributed by atoms with Crippen LogP contribution in [-0.2, 0) is 4.74 Å². The first-order valence-corrected chi connectivity index (χ1v) is 8.40. The second-order valence-corrected chi connectivity index (χ2v) is 7.21. The van der Waals surface area contributed by atoms with Crippen LogP contribution in [0.4, 0.5) is 16.2 Å². The number of anilines is 2. The number of hydrogen-bond donors (Lipinski definition) is 2. The van der Waals surface area contributed by atoms with Crippen LogP contribution in [0, 0.1) is 6.92 Å². The molecule has 1 aliphatic heterocycles. The molecule has 6 heteroatoms. The zero-order valence-corrected chi connectivity index (χ0v) is 15.3. The van der Waals surface area contributed by atoms with E-state index in [1.165, 1.54) is 0 Å². The topological polar surface area (TPSA) is 76.8 Å². The SMILES string of the molecule is COc1cc(N(C(=O)OC(C)(C)C)C2CCNCC2)c(C)cc1N. The second kappa shape index (κ2) is 7.30. The van der Waals surface area contributed by atoms with Crippen LogP contribution in [0.2, 0.25) is 0 Å². The second-order valence-electron chi connectivity index (χ2n) is 7.21. The van der Waals surface area contributed by atoms with E-state index in [-0.39, 0.29) is 12.1 Å². The molecule has 1 aliphatic rings. The van der Waals surface area contributed by atoms with Gasteiger partial charge >= 0.3 is 6.09 Å². The minimum Gasteiger partial charge on any atom is -0.495 e. The summed E-state index contributed by atoms with van der Waals surface area (Å²) in [5.74, 6) is 0.568. The number of carbonyl (C=O) groups is 1. The van der Waals surface area contributed by atoms with Gasteiger partial charge in [-0.1, -0.05) is 0 Å². The van der Waals surface area contributed by atoms with E-state index in [0.717, 1.165) is 37.2 Å². The molecule has 24 heavy (non-hydrogen) atoms. The van der Waals surface area contributed by atoms with Crippen molar-refractivity contribution in [2.24, 2.45) is 0 Å². The third-order valence-corrected chi connectivity index (χ3v) is 4.07. The van der Waals surface area contributed by atoms with Gasteiger partial charge in [-0.05, 0) is 65.3 Å². The maximum atomic E-state index is 12.9. The number of nitrogen functional groups attached to an aromatic ring is 1. The van der Waals surface area contributed by atoms with Crippen molar-refractivity contribution in [3.63, 3.8) is 0 Å². The number of piperidine rings is 1. The van der Waals surface area contributed by atoms with Crippen LogP contribution < -0.4 is 20.7 Å². The van der Waals surface area contributed by atoms with Crippen molar-refractivity contribution < 1.29 is 14.3 Å². The van der Waals surface area contributed by atoms with Crippen LogP contribution >= 0.6 is 0 Å². The molecule has 134 valence electrons. The molecule has 1 aromatic carbocycles. The summed E-state index contributed by atoms with van der Waals surface area (Å²) in [4.78, 5) is 14.7. The summed E-state index contributed by atoms with van der Waals surface area (Å²) >= 11 is 0. The maximum absolute atomic E-state index is 12.9. The van der Waals surface area contributed by atoms with Gasteiger partial charge in [-0.25, -0.2) is 4.79 Å². The molecule has 0 saturated carbocycles. The predicted octanol–water partition coefficient (Wildman–Crippen LogP) is 3.08. The molecule has 6 nitrogen and oxygen atoms in total.